The van der Waals surface area contributed by atoms with Crippen LogP contribution in [0.15, 0.2) is 46.9 Å². The Hall–Kier alpha value is -1.76. The fraction of sp³-hybridized carbons (Fsp3) is 0.176. The Morgan fingerprint density at radius 2 is 1.12 bits per heavy atom. The van der Waals surface area contributed by atoms with Gasteiger partial charge in [-0.05, 0) is 33.7 Å². The topological polar surface area (TPSA) is 0 Å². The lowest BCUT2D eigenvalue weighted by Crippen LogP contribution is -2.43. The molecular weight excluding hydrogens is 398 g/mol. The molecule has 4 rings (SSSR count). The summed E-state index contributed by atoms with van der Waals surface area (Å²) in [6.45, 7) is 0. The van der Waals surface area contributed by atoms with E-state index in [1.807, 2.05) is 0 Å². The fourth-order valence-electron chi connectivity index (χ4n) is 3.33. The predicted octanol–water partition coefficient (Wildman–Crippen LogP) is 6.59. The van der Waals surface area contributed by atoms with Crippen LogP contribution >= 0.6 is 15.9 Å². The molecule has 0 aliphatic heterocycles. The molecule has 3 aromatic rings. The average Bonchev–Trinajstić information content (AvgIpc) is 2.63. The Morgan fingerprint density at radius 3 is 1.71 bits per heavy atom. The molecule has 0 radical (unpaired) electrons. The number of hydrogen-bond acceptors (Lipinski definition) is 0. The van der Waals surface area contributed by atoms with Gasteiger partial charge in [0.25, 0.3) is 0 Å². The zero-order valence-corrected chi connectivity index (χ0v) is 13.3. The molecule has 0 fully saturated rings. The maximum Gasteiger partial charge on any atom is 0.380 e. The van der Waals surface area contributed by atoms with Crippen LogP contribution in [0.3, 0.4) is 0 Å². The van der Waals surface area contributed by atoms with Crippen LogP contribution in [0.5, 0.6) is 0 Å². The van der Waals surface area contributed by atoms with Gasteiger partial charge in [-0.15, -0.1) is 0 Å². The highest BCUT2D eigenvalue weighted by Crippen LogP contribution is 2.65. The lowest BCUT2D eigenvalue weighted by molar-refractivity contribution is -0.301. The van der Waals surface area contributed by atoms with Crippen molar-refractivity contribution in [1.82, 2.24) is 0 Å². The van der Waals surface area contributed by atoms with Crippen molar-refractivity contribution in [3.8, 4) is 0 Å². The molecule has 3 aromatic carbocycles. The molecular formula is C17H7BrF6. The number of alkyl halides is 6. The van der Waals surface area contributed by atoms with Crippen LogP contribution in [0, 0.1) is 0 Å². The predicted molar refractivity (Wildman–Crippen MR) is 81.9 cm³/mol. The number of halogens is 7. The number of fused-ring (bicyclic) bond motifs is 6. The second-order valence-corrected chi connectivity index (χ2v) is 6.62. The van der Waals surface area contributed by atoms with Crippen LogP contribution in [-0.4, -0.2) is 5.92 Å². The van der Waals surface area contributed by atoms with E-state index in [1.165, 1.54) is 30.3 Å². The van der Waals surface area contributed by atoms with E-state index in [1.54, 1.807) is 6.07 Å². The molecule has 1 aliphatic rings. The molecule has 0 saturated carbocycles. The van der Waals surface area contributed by atoms with E-state index < -0.39 is 28.9 Å². The summed E-state index contributed by atoms with van der Waals surface area (Å²) in [6.07, 6.45) is 0. The summed E-state index contributed by atoms with van der Waals surface area (Å²) in [7, 11) is 0. The second kappa shape index (κ2) is 4.45. The molecule has 0 aromatic heterocycles. The molecule has 0 spiro atoms. The molecule has 0 atom stereocenters. The van der Waals surface area contributed by atoms with Gasteiger partial charge in [-0.3, -0.25) is 0 Å². The monoisotopic (exact) mass is 404 g/mol. The highest BCUT2D eigenvalue weighted by molar-refractivity contribution is 9.10. The smallest absolute Gasteiger partial charge is 0.194 e. The molecule has 7 heteroatoms. The van der Waals surface area contributed by atoms with Gasteiger partial charge < -0.3 is 0 Å². The van der Waals surface area contributed by atoms with E-state index in [2.05, 4.69) is 15.9 Å². The zero-order valence-electron chi connectivity index (χ0n) is 11.7. The van der Waals surface area contributed by atoms with E-state index in [9.17, 15) is 26.3 Å². The van der Waals surface area contributed by atoms with Crippen molar-refractivity contribution in [2.75, 3.05) is 0 Å². The molecule has 124 valence electrons. The van der Waals surface area contributed by atoms with Crippen LogP contribution < -0.4 is 0 Å². The molecule has 24 heavy (non-hydrogen) atoms. The quantitative estimate of drug-likeness (QED) is 0.293. The van der Waals surface area contributed by atoms with Crippen LogP contribution in [0.2, 0.25) is 0 Å². The van der Waals surface area contributed by atoms with Gasteiger partial charge in [-0.25, -0.2) is 0 Å². The van der Waals surface area contributed by atoms with E-state index in [0.29, 0.717) is 4.47 Å². The van der Waals surface area contributed by atoms with E-state index in [4.69, 9.17) is 0 Å². The van der Waals surface area contributed by atoms with Gasteiger partial charge in [0.05, 0.1) is 0 Å². The lowest BCUT2D eigenvalue weighted by atomic mass is 9.92. The van der Waals surface area contributed by atoms with Crippen LogP contribution in [0.4, 0.5) is 26.3 Å². The van der Waals surface area contributed by atoms with Gasteiger partial charge in [-0.2, -0.15) is 26.3 Å². The summed E-state index contributed by atoms with van der Waals surface area (Å²) in [4.78, 5) is 0. The Balaban J connectivity index is 2.36. The Morgan fingerprint density at radius 1 is 0.625 bits per heavy atom. The summed E-state index contributed by atoms with van der Waals surface area (Å²) < 4.78 is 85.6. The first-order valence-corrected chi connectivity index (χ1v) is 7.68. The van der Waals surface area contributed by atoms with Gasteiger partial charge in [-0.1, -0.05) is 46.3 Å². The van der Waals surface area contributed by atoms with Crippen LogP contribution in [-0.2, 0) is 11.8 Å². The summed E-state index contributed by atoms with van der Waals surface area (Å²) in [5.41, 5.74) is -2.58. The molecule has 0 saturated heterocycles. The van der Waals surface area contributed by atoms with Crippen molar-refractivity contribution in [2.45, 2.75) is 17.8 Å². The third-order valence-electron chi connectivity index (χ3n) is 4.40. The van der Waals surface area contributed by atoms with Crippen molar-refractivity contribution in [3.63, 3.8) is 0 Å². The Labute approximate surface area is 140 Å². The van der Waals surface area contributed by atoms with Gasteiger partial charge >= 0.3 is 17.8 Å². The fourth-order valence-corrected chi connectivity index (χ4v) is 3.69. The Kier molecular flexibility index (Phi) is 2.92. The first-order chi connectivity index (χ1) is 11.1. The molecule has 0 nitrogen and oxygen atoms in total. The maximum absolute atomic E-state index is 14.3. The highest BCUT2D eigenvalue weighted by atomic mass is 79.9. The van der Waals surface area contributed by atoms with Crippen molar-refractivity contribution in [2.24, 2.45) is 0 Å². The normalized spacial score (nSPS) is 20.5. The summed E-state index contributed by atoms with van der Waals surface area (Å²) in [5, 5.41) is -0.152. The first kappa shape index (κ1) is 15.7. The maximum atomic E-state index is 14.3. The summed E-state index contributed by atoms with van der Waals surface area (Å²) >= 11 is 3.19. The van der Waals surface area contributed by atoms with Crippen molar-refractivity contribution >= 4 is 37.5 Å². The minimum absolute atomic E-state index is 0.215. The SMILES string of the molecule is FC1(F)c2c(c3ccc(Br)cc3c3ccccc23)C(F)(F)C1(F)F. The molecule has 1 aliphatic carbocycles. The third-order valence-corrected chi connectivity index (χ3v) is 4.90. The number of hydrogen-bond donors (Lipinski definition) is 0. The summed E-state index contributed by atoms with van der Waals surface area (Å²) in [5.74, 6) is -15.4. The first-order valence-electron chi connectivity index (χ1n) is 6.89. The lowest BCUT2D eigenvalue weighted by Gasteiger charge is -2.23. The van der Waals surface area contributed by atoms with Crippen molar-refractivity contribution < 1.29 is 26.3 Å². The molecule has 0 N–H and O–H groups in total. The molecule has 0 unspecified atom stereocenters. The highest BCUT2D eigenvalue weighted by Gasteiger charge is 2.79. The second-order valence-electron chi connectivity index (χ2n) is 5.71. The van der Waals surface area contributed by atoms with Crippen molar-refractivity contribution in [3.05, 3.63) is 58.1 Å². The van der Waals surface area contributed by atoms with Gasteiger partial charge in [0, 0.05) is 15.6 Å². The van der Waals surface area contributed by atoms with Gasteiger partial charge in [0.1, 0.15) is 0 Å². The summed E-state index contributed by atoms with van der Waals surface area (Å²) in [6, 6.07) is 9.51. The van der Waals surface area contributed by atoms with Crippen LogP contribution in [0.1, 0.15) is 11.1 Å². The van der Waals surface area contributed by atoms with Gasteiger partial charge in [0.15, 0.2) is 0 Å². The molecule has 0 bridgehead atoms. The molecule has 0 heterocycles. The number of rotatable bonds is 0. The largest absolute Gasteiger partial charge is 0.380 e. The number of benzene rings is 3. The third kappa shape index (κ3) is 1.61. The van der Waals surface area contributed by atoms with Crippen molar-refractivity contribution in [1.29, 1.82) is 0 Å². The zero-order chi connectivity index (χ0) is 17.5. The average molecular weight is 405 g/mol. The minimum Gasteiger partial charge on any atom is -0.194 e. The van der Waals surface area contributed by atoms with Crippen LogP contribution in [0.25, 0.3) is 21.5 Å². The van der Waals surface area contributed by atoms with Gasteiger partial charge in [0.2, 0.25) is 0 Å². The molecule has 0 amide bonds. The van der Waals surface area contributed by atoms with E-state index >= 15 is 0 Å². The van der Waals surface area contributed by atoms with E-state index in [-0.39, 0.29) is 21.5 Å². The van der Waals surface area contributed by atoms with E-state index in [0.717, 1.165) is 6.07 Å². The Bertz CT molecular complexity index is 1010. The minimum atomic E-state index is -5.49. The standard InChI is InChI=1S/C17H7BrF6/c18-8-5-6-11-12(7-8)9-3-1-2-4-10(9)13-14(11)16(21,22)17(23,24)15(13,19)20/h1-7H.